The molecule has 0 radical (unpaired) electrons. The zero-order valence-electron chi connectivity index (χ0n) is 10.2. The number of hydrogen-bond acceptors (Lipinski definition) is 1. The first-order chi connectivity index (χ1) is 7.51. The Hall–Kier alpha value is -1.86. The van der Waals surface area contributed by atoms with Crippen molar-refractivity contribution in [3.8, 4) is 29.4 Å². The molecule has 0 atom stereocenters. The van der Waals surface area contributed by atoms with E-state index in [0.717, 1.165) is 11.3 Å². The topological polar surface area (TPSA) is 9.23 Å². The SMILES string of the molecule is COc1ccc(C#CC#CC(C)(C)C)cc1. The molecule has 0 bridgehead atoms. The minimum Gasteiger partial charge on any atom is -0.497 e. The molecule has 1 rings (SSSR count). The van der Waals surface area contributed by atoms with Crippen LogP contribution in [0.1, 0.15) is 26.3 Å². The number of benzene rings is 1. The Morgan fingerprint density at radius 1 is 1.00 bits per heavy atom. The Bertz CT molecular complexity index is 453. The summed E-state index contributed by atoms with van der Waals surface area (Å²) < 4.78 is 5.06. The molecular formula is C15H16O. The van der Waals surface area contributed by atoms with E-state index in [4.69, 9.17) is 4.74 Å². The first kappa shape index (κ1) is 12.2. The van der Waals surface area contributed by atoms with Crippen molar-refractivity contribution < 1.29 is 4.74 Å². The van der Waals surface area contributed by atoms with Gasteiger partial charge in [0.25, 0.3) is 0 Å². The lowest BCUT2D eigenvalue weighted by atomic mass is 9.98. The number of rotatable bonds is 1. The van der Waals surface area contributed by atoms with Gasteiger partial charge in [0, 0.05) is 11.0 Å². The third-order valence-corrected chi connectivity index (χ3v) is 1.80. The largest absolute Gasteiger partial charge is 0.497 e. The Labute approximate surface area is 97.8 Å². The van der Waals surface area contributed by atoms with Gasteiger partial charge in [-0.1, -0.05) is 11.8 Å². The van der Waals surface area contributed by atoms with Crippen LogP contribution in [0.25, 0.3) is 0 Å². The van der Waals surface area contributed by atoms with Crippen molar-refractivity contribution in [3.63, 3.8) is 0 Å². The summed E-state index contributed by atoms with van der Waals surface area (Å²) in [6.45, 7) is 6.19. The maximum absolute atomic E-state index is 5.06. The quantitative estimate of drug-likeness (QED) is 0.650. The van der Waals surface area contributed by atoms with Gasteiger partial charge in [-0.05, 0) is 56.9 Å². The van der Waals surface area contributed by atoms with Crippen molar-refractivity contribution in [1.29, 1.82) is 0 Å². The van der Waals surface area contributed by atoms with Gasteiger partial charge in [0.1, 0.15) is 5.75 Å². The van der Waals surface area contributed by atoms with Crippen molar-refractivity contribution in [1.82, 2.24) is 0 Å². The molecule has 0 aliphatic heterocycles. The molecule has 0 saturated heterocycles. The molecule has 0 unspecified atom stereocenters. The maximum atomic E-state index is 5.06. The zero-order chi connectivity index (χ0) is 12.0. The second kappa shape index (κ2) is 5.29. The summed E-state index contributed by atoms with van der Waals surface area (Å²) in [6.07, 6.45) is 0. The van der Waals surface area contributed by atoms with Gasteiger partial charge in [-0.3, -0.25) is 0 Å². The standard InChI is InChI=1S/C15H16O/c1-15(2,3)12-6-5-7-13-8-10-14(16-4)11-9-13/h8-11H,1-4H3. The highest BCUT2D eigenvalue weighted by Gasteiger charge is 2.02. The summed E-state index contributed by atoms with van der Waals surface area (Å²) in [5.41, 5.74) is 0.957. The molecule has 82 valence electrons. The van der Waals surface area contributed by atoms with Gasteiger partial charge >= 0.3 is 0 Å². The minimum atomic E-state index is 0.00852. The molecule has 1 heteroatoms. The number of ether oxygens (including phenoxy) is 1. The fourth-order valence-electron chi connectivity index (χ4n) is 0.997. The predicted molar refractivity (Wildman–Crippen MR) is 67.1 cm³/mol. The first-order valence-electron chi connectivity index (χ1n) is 5.18. The highest BCUT2D eigenvalue weighted by atomic mass is 16.5. The van der Waals surface area contributed by atoms with Crippen LogP contribution in [0.4, 0.5) is 0 Å². The van der Waals surface area contributed by atoms with E-state index in [2.05, 4.69) is 44.5 Å². The zero-order valence-corrected chi connectivity index (χ0v) is 10.2. The van der Waals surface area contributed by atoms with E-state index in [1.54, 1.807) is 7.11 Å². The van der Waals surface area contributed by atoms with Gasteiger partial charge in [0.05, 0.1) is 7.11 Å². The molecule has 0 N–H and O–H groups in total. The number of methoxy groups -OCH3 is 1. The van der Waals surface area contributed by atoms with Gasteiger partial charge in [0.2, 0.25) is 0 Å². The molecule has 0 amide bonds. The lowest BCUT2D eigenvalue weighted by Gasteiger charge is -2.05. The predicted octanol–water partition coefficient (Wildman–Crippen LogP) is 3.10. The molecule has 0 fully saturated rings. The molecule has 0 aromatic heterocycles. The third-order valence-electron chi connectivity index (χ3n) is 1.80. The Morgan fingerprint density at radius 2 is 1.62 bits per heavy atom. The van der Waals surface area contributed by atoms with Crippen molar-refractivity contribution in [2.45, 2.75) is 20.8 Å². The van der Waals surface area contributed by atoms with E-state index in [9.17, 15) is 0 Å². The molecule has 1 aromatic rings. The molecule has 1 nitrogen and oxygen atoms in total. The number of hydrogen-bond donors (Lipinski definition) is 0. The second-order valence-corrected chi connectivity index (χ2v) is 4.48. The van der Waals surface area contributed by atoms with Crippen LogP contribution in [0, 0.1) is 29.1 Å². The maximum Gasteiger partial charge on any atom is 0.118 e. The van der Waals surface area contributed by atoms with E-state index < -0.39 is 0 Å². The fraction of sp³-hybridized carbons (Fsp3) is 0.333. The van der Waals surface area contributed by atoms with Gasteiger partial charge in [-0.15, -0.1) is 0 Å². The molecular weight excluding hydrogens is 196 g/mol. The fourth-order valence-corrected chi connectivity index (χ4v) is 0.997. The van der Waals surface area contributed by atoms with E-state index in [1.807, 2.05) is 24.3 Å². The summed E-state index contributed by atoms with van der Waals surface area (Å²) in [4.78, 5) is 0. The summed E-state index contributed by atoms with van der Waals surface area (Å²) in [5, 5.41) is 0. The Balaban J connectivity index is 2.73. The Morgan fingerprint density at radius 3 is 2.12 bits per heavy atom. The molecule has 1 aromatic carbocycles. The molecule has 0 spiro atoms. The minimum absolute atomic E-state index is 0.00852. The second-order valence-electron chi connectivity index (χ2n) is 4.48. The van der Waals surface area contributed by atoms with Crippen LogP contribution in [-0.2, 0) is 0 Å². The summed E-state index contributed by atoms with van der Waals surface area (Å²) in [5.74, 6) is 12.6. The van der Waals surface area contributed by atoms with E-state index in [0.29, 0.717) is 0 Å². The van der Waals surface area contributed by atoms with Crippen LogP contribution in [0.15, 0.2) is 24.3 Å². The van der Waals surface area contributed by atoms with Gasteiger partial charge in [0.15, 0.2) is 0 Å². The monoisotopic (exact) mass is 212 g/mol. The Kier molecular flexibility index (Phi) is 4.03. The third kappa shape index (κ3) is 4.58. The van der Waals surface area contributed by atoms with Crippen molar-refractivity contribution in [3.05, 3.63) is 29.8 Å². The molecule has 0 aliphatic rings. The molecule has 16 heavy (non-hydrogen) atoms. The van der Waals surface area contributed by atoms with Crippen LogP contribution in [0.3, 0.4) is 0 Å². The van der Waals surface area contributed by atoms with Crippen LogP contribution in [0.5, 0.6) is 5.75 Å². The lowest BCUT2D eigenvalue weighted by molar-refractivity contribution is 0.415. The highest BCUT2D eigenvalue weighted by Crippen LogP contribution is 2.10. The van der Waals surface area contributed by atoms with Crippen LogP contribution < -0.4 is 4.74 Å². The summed E-state index contributed by atoms with van der Waals surface area (Å²) in [7, 11) is 1.65. The van der Waals surface area contributed by atoms with Gasteiger partial charge < -0.3 is 4.74 Å². The van der Waals surface area contributed by atoms with Gasteiger partial charge in [-0.2, -0.15) is 0 Å². The van der Waals surface area contributed by atoms with Crippen molar-refractivity contribution in [2.24, 2.45) is 5.41 Å². The average Bonchev–Trinajstić information content (AvgIpc) is 2.24. The van der Waals surface area contributed by atoms with Crippen molar-refractivity contribution >= 4 is 0 Å². The van der Waals surface area contributed by atoms with Crippen molar-refractivity contribution in [2.75, 3.05) is 7.11 Å². The van der Waals surface area contributed by atoms with Crippen LogP contribution in [0.2, 0.25) is 0 Å². The molecule has 0 saturated carbocycles. The van der Waals surface area contributed by atoms with Crippen LogP contribution in [-0.4, -0.2) is 7.11 Å². The van der Waals surface area contributed by atoms with E-state index in [-0.39, 0.29) is 5.41 Å². The summed E-state index contributed by atoms with van der Waals surface area (Å²) >= 11 is 0. The summed E-state index contributed by atoms with van der Waals surface area (Å²) in [6, 6.07) is 7.62. The highest BCUT2D eigenvalue weighted by molar-refractivity contribution is 5.42. The van der Waals surface area contributed by atoms with E-state index >= 15 is 0 Å². The van der Waals surface area contributed by atoms with Crippen LogP contribution >= 0.6 is 0 Å². The smallest absolute Gasteiger partial charge is 0.118 e. The average molecular weight is 212 g/mol. The first-order valence-corrected chi connectivity index (χ1v) is 5.18. The van der Waals surface area contributed by atoms with Gasteiger partial charge in [-0.25, -0.2) is 0 Å². The lowest BCUT2D eigenvalue weighted by Crippen LogP contribution is -1.98. The van der Waals surface area contributed by atoms with E-state index in [1.165, 1.54) is 0 Å². The molecule has 0 heterocycles. The molecule has 0 aliphatic carbocycles. The normalized spacial score (nSPS) is 9.50.